The fourth-order valence-electron chi connectivity index (χ4n) is 3.09. The van der Waals surface area contributed by atoms with Crippen LogP contribution in [-0.4, -0.2) is 31.6 Å². The number of benzene rings is 1. The summed E-state index contributed by atoms with van der Waals surface area (Å²) >= 11 is 0. The van der Waals surface area contributed by atoms with E-state index in [2.05, 4.69) is 41.5 Å². The van der Waals surface area contributed by atoms with Gasteiger partial charge in [0.15, 0.2) is 0 Å². The Kier molecular flexibility index (Phi) is 3.17. The molecule has 17 heavy (non-hydrogen) atoms. The average Bonchev–Trinajstić information content (AvgIpc) is 3.08. The zero-order valence-electron chi connectivity index (χ0n) is 10.7. The molecule has 0 spiro atoms. The molecule has 0 bridgehead atoms. The third-order valence-electron chi connectivity index (χ3n) is 4.24. The van der Waals surface area contributed by atoms with Gasteiger partial charge in [0.1, 0.15) is 0 Å². The van der Waals surface area contributed by atoms with Crippen LogP contribution in [0.1, 0.15) is 17.5 Å². The zero-order valence-corrected chi connectivity index (χ0v) is 10.7. The van der Waals surface area contributed by atoms with Gasteiger partial charge in [0.25, 0.3) is 0 Å². The quantitative estimate of drug-likeness (QED) is 0.850. The topological polar surface area (TPSA) is 15.3 Å². The Balaban J connectivity index is 1.55. The molecule has 1 N–H and O–H groups in total. The summed E-state index contributed by atoms with van der Waals surface area (Å²) in [7, 11) is 2.06. The van der Waals surface area contributed by atoms with Crippen molar-refractivity contribution in [3.8, 4) is 0 Å². The van der Waals surface area contributed by atoms with Crippen LogP contribution in [0.25, 0.3) is 0 Å². The standard InChI is InChI=1S/C15H22N2/c1-16-9-14-8-15(14)11-17-7-6-12-4-2-3-5-13(12)10-17/h2-5,14-16H,6-11H2,1H3/t14-,15-/m0/s1. The maximum atomic E-state index is 3.29. The van der Waals surface area contributed by atoms with E-state index in [0.717, 1.165) is 11.8 Å². The molecule has 2 aliphatic rings. The van der Waals surface area contributed by atoms with Crippen molar-refractivity contribution in [2.24, 2.45) is 11.8 Å². The molecule has 1 aromatic carbocycles. The molecular weight excluding hydrogens is 208 g/mol. The van der Waals surface area contributed by atoms with Crippen molar-refractivity contribution in [1.29, 1.82) is 0 Å². The van der Waals surface area contributed by atoms with E-state index in [4.69, 9.17) is 0 Å². The molecule has 2 atom stereocenters. The minimum Gasteiger partial charge on any atom is -0.319 e. The van der Waals surface area contributed by atoms with Crippen molar-refractivity contribution in [2.45, 2.75) is 19.4 Å². The second kappa shape index (κ2) is 4.79. The third kappa shape index (κ3) is 2.53. The Labute approximate surface area is 104 Å². The first-order valence-corrected chi connectivity index (χ1v) is 6.80. The molecule has 2 heteroatoms. The average molecular weight is 230 g/mol. The van der Waals surface area contributed by atoms with Crippen LogP contribution in [-0.2, 0) is 13.0 Å². The minimum atomic E-state index is 0.942. The summed E-state index contributed by atoms with van der Waals surface area (Å²) in [5.41, 5.74) is 3.11. The number of hydrogen-bond acceptors (Lipinski definition) is 2. The monoisotopic (exact) mass is 230 g/mol. The van der Waals surface area contributed by atoms with E-state index in [1.165, 1.54) is 39.0 Å². The second-order valence-electron chi connectivity index (χ2n) is 5.57. The van der Waals surface area contributed by atoms with Crippen LogP contribution < -0.4 is 5.32 Å². The molecule has 1 aliphatic carbocycles. The van der Waals surface area contributed by atoms with Gasteiger partial charge in [-0.1, -0.05) is 24.3 Å². The molecular formula is C15H22N2. The lowest BCUT2D eigenvalue weighted by atomic mass is 10.00. The number of fused-ring (bicyclic) bond motifs is 1. The lowest BCUT2D eigenvalue weighted by Crippen LogP contribution is -2.32. The van der Waals surface area contributed by atoms with E-state index < -0.39 is 0 Å². The Morgan fingerprint density at radius 3 is 2.88 bits per heavy atom. The largest absolute Gasteiger partial charge is 0.319 e. The van der Waals surface area contributed by atoms with Gasteiger partial charge in [-0.2, -0.15) is 0 Å². The Bertz CT molecular complexity index is 388. The summed E-state index contributed by atoms with van der Waals surface area (Å²) in [4.78, 5) is 2.64. The van der Waals surface area contributed by atoms with Gasteiger partial charge >= 0.3 is 0 Å². The van der Waals surface area contributed by atoms with Gasteiger partial charge < -0.3 is 5.32 Å². The van der Waals surface area contributed by atoms with Crippen molar-refractivity contribution >= 4 is 0 Å². The molecule has 92 valence electrons. The highest BCUT2D eigenvalue weighted by Gasteiger charge is 2.37. The normalized spacial score (nSPS) is 27.8. The van der Waals surface area contributed by atoms with Gasteiger partial charge in [-0.05, 0) is 49.4 Å². The predicted molar refractivity (Wildman–Crippen MR) is 70.9 cm³/mol. The van der Waals surface area contributed by atoms with Crippen LogP contribution in [0.15, 0.2) is 24.3 Å². The van der Waals surface area contributed by atoms with E-state index >= 15 is 0 Å². The van der Waals surface area contributed by atoms with Crippen molar-refractivity contribution in [2.75, 3.05) is 26.7 Å². The van der Waals surface area contributed by atoms with Gasteiger partial charge in [-0.25, -0.2) is 0 Å². The minimum absolute atomic E-state index is 0.942. The molecule has 0 saturated heterocycles. The zero-order chi connectivity index (χ0) is 11.7. The summed E-state index contributed by atoms with van der Waals surface area (Å²) in [6, 6.07) is 8.91. The van der Waals surface area contributed by atoms with E-state index in [-0.39, 0.29) is 0 Å². The Morgan fingerprint density at radius 1 is 1.24 bits per heavy atom. The van der Waals surface area contributed by atoms with Crippen LogP contribution in [0, 0.1) is 11.8 Å². The molecule has 0 aromatic heterocycles. The molecule has 0 unspecified atom stereocenters. The fourth-order valence-corrected chi connectivity index (χ4v) is 3.09. The van der Waals surface area contributed by atoms with Crippen LogP contribution in [0.3, 0.4) is 0 Å². The van der Waals surface area contributed by atoms with Gasteiger partial charge in [-0.3, -0.25) is 4.90 Å². The maximum absolute atomic E-state index is 3.29. The van der Waals surface area contributed by atoms with E-state index in [9.17, 15) is 0 Å². The summed E-state index contributed by atoms with van der Waals surface area (Å²) in [5, 5.41) is 3.29. The second-order valence-corrected chi connectivity index (χ2v) is 5.57. The molecule has 1 saturated carbocycles. The summed E-state index contributed by atoms with van der Waals surface area (Å²) in [6.07, 6.45) is 2.67. The van der Waals surface area contributed by atoms with Crippen LogP contribution >= 0.6 is 0 Å². The fraction of sp³-hybridized carbons (Fsp3) is 0.600. The van der Waals surface area contributed by atoms with Crippen molar-refractivity contribution < 1.29 is 0 Å². The SMILES string of the molecule is CNC[C@@H]1C[C@H]1CN1CCc2ccccc2C1. The first-order valence-electron chi connectivity index (χ1n) is 6.80. The molecule has 0 amide bonds. The Morgan fingerprint density at radius 2 is 2.06 bits per heavy atom. The summed E-state index contributed by atoms with van der Waals surface area (Å²) < 4.78 is 0. The van der Waals surface area contributed by atoms with Crippen LogP contribution in [0.5, 0.6) is 0 Å². The van der Waals surface area contributed by atoms with Crippen molar-refractivity contribution in [3.63, 3.8) is 0 Å². The highest BCUT2D eigenvalue weighted by molar-refractivity contribution is 5.29. The predicted octanol–water partition coefficient (Wildman–Crippen LogP) is 1.90. The van der Waals surface area contributed by atoms with E-state index in [0.29, 0.717) is 0 Å². The first kappa shape index (κ1) is 11.2. The van der Waals surface area contributed by atoms with Crippen LogP contribution in [0.2, 0.25) is 0 Å². The number of nitrogens with one attached hydrogen (secondary N) is 1. The molecule has 1 heterocycles. The molecule has 1 aromatic rings. The van der Waals surface area contributed by atoms with Crippen molar-refractivity contribution in [1.82, 2.24) is 10.2 Å². The van der Waals surface area contributed by atoms with Gasteiger partial charge in [0.2, 0.25) is 0 Å². The van der Waals surface area contributed by atoms with Gasteiger partial charge in [0.05, 0.1) is 0 Å². The van der Waals surface area contributed by atoms with Gasteiger partial charge in [-0.15, -0.1) is 0 Å². The number of rotatable bonds is 4. The van der Waals surface area contributed by atoms with E-state index in [1.807, 2.05) is 0 Å². The van der Waals surface area contributed by atoms with Crippen LogP contribution in [0.4, 0.5) is 0 Å². The Hall–Kier alpha value is -0.860. The lowest BCUT2D eigenvalue weighted by Gasteiger charge is -2.28. The first-order chi connectivity index (χ1) is 8.36. The highest BCUT2D eigenvalue weighted by atomic mass is 15.1. The van der Waals surface area contributed by atoms with E-state index in [1.54, 1.807) is 11.1 Å². The lowest BCUT2D eigenvalue weighted by molar-refractivity contribution is 0.239. The smallest absolute Gasteiger partial charge is 0.0236 e. The molecule has 2 nitrogen and oxygen atoms in total. The molecule has 1 fully saturated rings. The maximum Gasteiger partial charge on any atom is 0.0236 e. The van der Waals surface area contributed by atoms with Gasteiger partial charge in [0, 0.05) is 19.6 Å². The number of hydrogen-bond donors (Lipinski definition) is 1. The van der Waals surface area contributed by atoms with Crippen molar-refractivity contribution in [3.05, 3.63) is 35.4 Å². The molecule has 0 radical (unpaired) electrons. The number of nitrogens with zero attached hydrogens (tertiary/aromatic N) is 1. The summed E-state index contributed by atoms with van der Waals surface area (Å²) in [5.74, 6) is 1.89. The molecule has 1 aliphatic heterocycles. The third-order valence-corrected chi connectivity index (χ3v) is 4.24. The highest BCUT2D eigenvalue weighted by Crippen LogP contribution is 2.39. The summed E-state index contributed by atoms with van der Waals surface area (Å²) in [6.45, 7) is 4.93. The molecule has 3 rings (SSSR count).